The number of carbonyl (C=O) groups is 1. The van der Waals surface area contributed by atoms with Gasteiger partial charge in [-0.15, -0.1) is 0 Å². The molecule has 0 radical (unpaired) electrons. The lowest BCUT2D eigenvalue weighted by Gasteiger charge is -2.30. The first-order valence-corrected chi connectivity index (χ1v) is 11.3. The molecule has 0 N–H and O–H groups in total. The molecule has 0 unspecified atom stereocenters. The number of anilines is 1. The largest absolute Gasteiger partial charge is 0.378 e. The average molecular weight is 431 g/mol. The van der Waals surface area contributed by atoms with Crippen LogP contribution in [-0.2, 0) is 16.0 Å². The fourth-order valence-corrected chi connectivity index (χ4v) is 4.18. The molecule has 0 aromatic carbocycles. The van der Waals surface area contributed by atoms with Crippen molar-refractivity contribution in [1.82, 2.24) is 14.8 Å². The Morgan fingerprint density at radius 3 is 2.84 bits per heavy atom. The summed E-state index contributed by atoms with van der Waals surface area (Å²) in [5, 5.41) is 4.77. The van der Waals surface area contributed by atoms with Gasteiger partial charge in [-0.25, -0.2) is 9.67 Å². The first kappa shape index (κ1) is 22.0. The van der Waals surface area contributed by atoms with Crippen molar-refractivity contribution in [2.75, 3.05) is 31.2 Å². The number of pyridine rings is 1. The Labute approximate surface area is 189 Å². The van der Waals surface area contributed by atoms with Crippen LogP contribution < -0.4 is 4.90 Å². The smallest absolute Gasteiger partial charge is 0.159 e. The molecule has 3 heterocycles. The third-order valence-corrected chi connectivity index (χ3v) is 5.75. The minimum Gasteiger partial charge on any atom is -0.378 e. The standard InChI is InChI=1S/C26H30N4O2/c1-4-7-19(8-5-2)22-10-11-30(28-22)26-18-24(29-12-14-32-15-13-29)21-16-20(17-23(21)27-26)25(31)9-6-3/h4-5,7-8,10-11,17-18H,1,6,9,12-16H2,2-3H3/b8-5-,19-7+. The van der Waals surface area contributed by atoms with E-state index in [2.05, 4.69) is 17.5 Å². The molecule has 1 fully saturated rings. The third kappa shape index (κ3) is 4.50. The van der Waals surface area contributed by atoms with Crippen LogP contribution in [0.25, 0.3) is 17.5 Å². The van der Waals surface area contributed by atoms with Crippen LogP contribution in [-0.4, -0.2) is 46.9 Å². The molecule has 1 saturated heterocycles. The van der Waals surface area contributed by atoms with Gasteiger partial charge in [-0.3, -0.25) is 4.79 Å². The van der Waals surface area contributed by atoms with E-state index in [1.165, 1.54) is 0 Å². The number of rotatable bonds is 8. The Kier molecular flexibility index (Phi) is 6.81. The van der Waals surface area contributed by atoms with Gasteiger partial charge < -0.3 is 9.64 Å². The van der Waals surface area contributed by atoms with Gasteiger partial charge >= 0.3 is 0 Å². The van der Waals surface area contributed by atoms with Crippen LogP contribution in [0.3, 0.4) is 0 Å². The number of ketones is 1. The zero-order valence-corrected chi connectivity index (χ0v) is 18.9. The van der Waals surface area contributed by atoms with Crippen molar-refractivity contribution in [3.8, 4) is 5.82 Å². The Morgan fingerprint density at radius 1 is 1.31 bits per heavy atom. The van der Waals surface area contributed by atoms with Crippen molar-refractivity contribution in [1.29, 1.82) is 0 Å². The predicted octanol–water partition coefficient (Wildman–Crippen LogP) is 4.56. The van der Waals surface area contributed by atoms with E-state index in [9.17, 15) is 4.79 Å². The third-order valence-electron chi connectivity index (χ3n) is 5.75. The number of hydrogen-bond donors (Lipinski definition) is 0. The average Bonchev–Trinajstić information content (AvgIpc) is 3.46. The predicted molar refractivity (Wildman–Crippen MR) is 129 cm³/mol. The van der Waals surface area contributed by atoms with Crippen molar-refractivity contribution < 1.29 is 9.53 Å². The zero-order valence-electron chi connectivity index (χ0n) is 18.9. The number of carbonyl (C=O) groups excluding carboxylic acids is 1. The van der Waals surface area contributed by atoms with Gasteiger partial charge in [-0.2, -0.15) is 5.10 Å². The van der Waals surface area contributed by atoms with E-state index in [1.54, 1.807) is 10.8 Å². The maximum Gasteiger partial charge on any atom is 0.159 e. The second-order valence-electron chi connectivity index (χ2n) is 7.99. The molecule has 0 amide bonds. The van der Waals surface area contributed by atoms with Crippen LogP contribution in [0, 0.1) is 0 Å². The summed E-state index contributed by atoms with van der Waals surface area (Å²) in [6.07, 6.45) is 13.7. The van der Waals surface area contributed by atoms with Crippen molar-refractivity contribution in [3.63, 3.8) is 0 Å². The molecule has 1 aliphatic carbocycles. The highest BCUT2D eigenvalue weighted by Gasteiger charge is 2.26. The first-order chi connectivity index (χ1) is 15.6. The van der Waals surface area contributed by atoms with Crippen molar-refractivity contribution in [3.05, 3.63) is 71.7 Å². The minimum atomic E-state index is 0.215. The van der Waals surface area contributed by atoms with Crippen LogP contribution in [0.4, 0.5) is 5.69 Å². The fourth-order valence-electron chi connectivity index (χ4n) is 4.18. The fraction of sp³-hybridized carbons (Fsp3) is 0.346. The van der Waals surface area contributed by atoms with E-state index in [0.717, 1.165) is 59.1 Å². The summed E-state index contributed by atoms with van der Waals surface area (Å²) in [5.74, 6) is 0.960. The second kappa shape index (κ2) is 9.92. The summed E-state index contributed by atoms with van der Waals surface area (Å²) < 4.78 is 7.36. The van der Waals surface area contributed by atoms with Crippen LogP contribution in [0.2, 0.25) is 0 Å². The van der Waals surface area contributed by atoms with E-state index in [1.807, 2.05) is 50.4 Å². The number of nitrogens with zero attached hydrogens (tertiary/aromatic N) is 4. The molecule has 0 atom stereocenters. The number of hydrogen-bond acceptors (Lipinski definition) is 5. The minimum absolute atomic E-state index is 0.215. The molecule has 1 aliphatic heterocycles. The number of allylic oxidation sites excluding steroid dienone is 6. The van der Waals surface area contributed by atoms with Gasteiger partial charge in [-0.1, -0.05) is 37.8 Å². The molecule has 2 aromatic rings. The first-order valence-electron chi connectivity index (χ1n) is 11.3. The van der Waals surface area contributed by atoms with Crippen molar-refractivity contribution >= 4 is 23.1 Å². The monoisotopic (exact) mass is 430 g/mol. The van der Waals surface area contributed by atoms with E-state index in [0.29, 0.717) is 26.1 Å². The van der Waals surface area contributed by atoms with Gasteiger partial charge in [0.1, 0.15) is 0 Å². The summed E-state index contributed by atoms with van der Waals surface area (Å²) in [4.78, 5) is 19.8. The van der Waals surface area contributed by atoms with Crippen LogP contribution >= 0.6 is 0 Å². The molecular formula is C26H30N4O2. The van der Waals surface area contributed by atoms with Gasteiger partial charge in [-0.05, 0) is 25.5 Å². The second-order valence-corrected chi connectivity index (χ2v) is 7.99. The molecule has 0 bridgehead atoms. The topological polar surface area (TPSA) is 60.2 Å². The molecule has 6 heteroatoms. The Bertz CT molecular complexity index is 1100. The lowest BCUT2D eigenvalue weighted by atomic mass is 10.0. The molecule has 32 heavy (non-hydrogen) atoms. The molecule has 0 saturated carbocycles. The number of fused-ring (bicyclic) bond motifs is 1. The molecule has 0 spiro atoms. The number of morpholine rings is 1. The normalized spacial score (nSPS) is 16.4. The van der Waals surface area contributed by atoms with Gasteiger partial charge in [0.05, 0.1) is 24.6 Å². The van der Waals surface area contributed by atoms with Crippen LogP contribution in [0.1, 0.15) is 43.6 Å². The highest BCUT2D eigenvalue weighted by Crippen LogP contribution is 2.35. The molecule has 2 aliphatic rings. The summed E-state index contributed by atoms with van der Waals surface area (Å²) in [5.41, 5.74) is 5.82. The molecule has 4 rings (SSSR count). The van der Waals surface area contributed by atoms with E-state index < -0.39 is 0 Å². The quantitative estimate of drug-likeness (QED) is 0.575. The highest BCUT2D eigenvalue weighted by atomic mass is 16.5. The Morgan fingerprint density at radius 2 is 2.12 bits per heavy atom. The Hall–Kier alpha value is -3.25. The highest BCUT2D eigenvalue weighted by molar-refractivity contribution is 6.02. The molecule has 6 nitrogen and oxygen atoms in total. The summed E-state index contributed by atoms with van der Waals surface area (Å²) in [7, 11) is 0. The summed E-state index contributed by atoms with van der Waals surface area (Å²) in [6.45, 7) is 10.9. The number of aromatic nitrogens is 3. The summed E-state index contributed by atoms with van der Waals surface area (Å²) >= 11 is 0. The van der Waals surface area contributed by atoms with Gasteiger partial charge in [0.25, 0.3) is 0 Å². The van der Waals surface area contributed by atoms with Gasteiger partial charge in [0.15, 0.2) is 11.6 Å². The maximum atomic E-state index is 12.6. The SMILES string of the molecule is C=C/C=C(\C=C/C)c1ccn(-c2cc(N3CCOCC3)c3c(n2)C=C(C(=O)CCC)C3)n1. The van der Waals surface area contributed by atoms with Crippen molar-refractivity contribution in [2.45, 2.75) is 33.1 Å². The van der Waals surface area contributed by atoms with E-state index in [4.69, 9.17) is 14.8 Å². The van der Waals surface area contributed by atoms with Gasteiger partial charge in [0.2, 0.25) is 0 Å². The zero-order chi connectivity index (χ0) is 22.5. The molecule has 166 valence electrons. The molecule has 2 aromatic heterocycles. The van der Waals surface area contributed by atoms with E-state index in [-0.39, 0.29) is 5.78 Å². The maximum absolute atomic E-state index is 12.6. The van der Waals surface area contributed by atoms with E-state index >= 15 is 0 Å². The number of Topliss-reactive ketones (excluding diaryl/α,β-unsaturated/α-hetero) is 1. The van der Waals surface area contributed by atoms with Crippen molar-refractivity contribution in [2.24, 2.45) is 0 Å². The van der Waals surface area contributed by atoms with Crippen LogP contribution in [0.15, 0.2) is 54.8 Å². The van der Waals surface area contributed by atoms with Crippen LogP contribution in [0.5, 0.6) is 0 Å². The summed E-state index contributed by atoms with van der Waals surface area (Å²) in [6, 6.07) is 4.07. The molecular weight excluding hydrogens is 400 g/mol. The Balaban J connectivity index is 1.75. The van der Waals surface area contributed by atoms with Gasteiger partial charge in [0, 0.05) is 60.6 Å². The lowest BCUT2D eigenvalue weighted by Crippen LogP contribution is -2.37. The number of ether oxygens (including phenoxy) is 1. The lowest BCUT2D eigenvalue weighted by molar-refractivity contribution is -0.115.